The Kier molecular flexibility index (Phi) is 9.80. The van der Waals surface area contributed by atoms with Crippen molar-refractivity contribution in [1.29, 1.82) is 0 Å². The van der Waals surface area contributed by atoms with Crippen LogP contribution in [0.4, 0.5) is 5.00 Å². The van der Waals surface area contributed by atoms with Crippen LogP contribution in [0.1, 0.15) is 69.4 Å². The monoisotopic (exact) mass is 579 g/mol. The number of carbonyl (C=O) groups excluding carboxylic acids is 3. The Bertz CT molecular complexity index is 1350. The largest absolute Gasteiger partial charge is 0.483 e. The highest BCUT2D eigenvalue weighted by atomic mass is 35.5. The number of rotatable bonds is 11. The molecule has 13 heteroatoms. The minimum absolute atomic E-state index is 0.00589. The Morgan fingerprint density at radius 1 is 1.18 bits per heavy atom. The fraction of sp³-hybridized carbons (Fsp3) is 0.400. The van der Waals surface area contributed by atoms with Crippen molar-refractivity contribution in [2.75, 3.05) is 17.7 Å². The van der Waals surface area contributed by atoms with E-state index in [0.29, 0.717) is 33.9 Å². The van der Waals surface area contributed by atoms with E-state index < -0.39 is 18.0 Å². The average molecular weight is 580 g/mol. The number of aryl methyl sites for hydroxylation is 2. The zero-order valence-electron chi connectivity index (χ0n) is 22.0. The van der Waals surface area contributed by atoms with Crippen LogP contribution in [0.3, 0.4) is 0 Å². The number of primary amides is 1. The predicted octanol–water partition coefficient (Wildman–Crippen LogP) is 5.08. The summed E-state index contributed by atoms with van der Waals surface area (Å²) in [5.74, 6) is -0.417. The second-order valence-corrected chi connectivity index (χ2v) is 10.7. The van der Waals surface area contributed by atoms with E-state index in [1.54, 1.807) is 13.8 Å². The van der Waals surface area contributed by atoms with E-state index in [0.717, 1.165) is 22.5 Å². The highest BCUT2D eigenvalue weighted by molar-refractivity contribution is 7.99. The quantitative estimate of drug-likeness (QED) is 0.237. The summed E-state index contributed by atoms with van der Waals surface area (Å²) in [6.07, 6.45) is -0.404. The Balaban J connectivity index is 1.73. The van der Waals surface area contributed by atoms with Crippen LogP contribution in [-0.4, -0.2) is 44.9 Å². The Hall–Kier alpha value is -3.09. The maximum absolute atomic E-state index is 12.8. The van der Waals surface area contributed by atoms with Crippen molar-refractivity contribution in [3.8, 4) is 5.75 Å². The molecule has 2 aromatic heterocycles. The number of amides is 2. The van der Waals surface area contributed by atoms with Crippen molar-refractivity contribution < 1.29 is 23.9 Å². The number of thioether (sulfide) groups is 1. The molecule has 0 bridgehead atoms. The van der Waals surface area contributed by atoms with Gasteiger partial charge in [0.25, 0.3) is 5.91 Å². The van der Waals surface area contributed by atoms with Crippen LogP contribution < -0.4 is 15.8 Å². The van der Waals surface area contributed by atoms with Gasteiger partial charge in [-0.1, -0.05) is 23.4 Å². The minimum Gasteiger partial charge on any atom is -0.483 e. The molecule has 3 aromatic rings. The summed E-state index contributed by atoms with van der Waals surface area (Å²) in [7, 11) is 0. The van der Waals surface area contributed by atoms with Crippen LogP contribution in [0.15, 0.2) is 17.3 Å². The number of thiophene rings is 1. The third-order valence-electron chi connectivity index (χ3n) is 5.58. The number of nitrogens with zero attached hydrogens (tertiary/aromatic N) is 3. The number of carbonyl (C=O) groups is 3. The molecular weight excluding hydrogens is 550 g/mol. The van der Waals surface area contributed by atoms with Crippen LogP contribution in [0.25, 0.3) is 0 Å². The van der Waals surface area contributed by atoms with Crippen LogP contribution in [-0.2, 0) is 16.1 Å². The van der Waals surface area contributed by atoms with Crippen molar-refractivity contribution in [3.63, 3.8) is 0 Å². The lowest BCUT2D eigenvalue weighted by Crippen LogP contribution is -2.17. The van der Waals surface area contributed by atoms with Crippen LogP contribution >= 0.6 is 34.7 Å². The number of aromatic nitrogens is 3. The van der Waals surface area contributed by atoms with Gasteiger partial charge in [0.15, 0.2) is 17.1 Å². The molecule has 1 aromatic carbocycles. The van der Waals surface area contributed by atoms with E-state index in [9.17, 15) is 14.4 Å². The summed E-state index contributed by atoms with van der Waals surface area (Å²) in [5.41, 5.74) is 7.77. The molecule has 1 unspecified atom stereocenters. The van der Waals surface area contributed by atoms with Crippen molar-refractivity contribution in [1.82, 2.24) is 14.8 Å². The number of nitrogens with one attached hydrogen (secondary N) is 1. The van der Waals surface area contributed by atoms with Gasteiger partial charge in [0.2, 0.25) is 5.91 Å². The predicted molar refractivity (Wildman–Crippen MR) is 149 cm³/mol. The lowest BCUT2D eigenvalue weighted by molar-refractivity contribution is -0.113. The van der Waals surface area contributed by atoms with Gasteiger partial charge in [0.1, 0.15) is 10.8 Å². The van der Waals surface area contributed by atoms with Crippen molar-refractivity contribution in [2.45, 2.75) is 59.3 Å². The summed E-state index contributed by atoms with van der Waals surface area (Å²) < 4.78 is 13.1. The summed E-state index contributed by atoms with van der Waals surface area (Å²) in [4.78, 5) is 37.2. The molecule has 1 atom stereocenters. The molecule has 0 aliphatic rings. The number of hydrogen-bond acceptors (Lipinski definition) is 9. The molecule has 0 radical (unpaired) electrons. The molecule has 0 aliphatic carbocycles. The highest BCUT2D eigenvalue weighted by Crippen LogP contribution is 2.34. The number of halogens is 1. The molecule has 10 nitrogen and oxygen atoms in total. The molecule has 0 saturated heterocycles. The molecule has 3 rings (SSSR count). The third-order valence-corrected chi connectivity index (χ3v) is 8.37. The van der Waals surface area contributed by atoms with Crippen LogP contribution in [0, 0.1) is 20.8 Å². The maximum Gasteiger partial charge on any atom is 0.341 e. The van der Waals surface area contributed by atoms with Gasteiger partial charge >= 0.3 is 5.97 Å². The second kappa shape index (κ2) is 12.6. The molecule has 0 aliphatic heterocycles. The number of benzene rings is 1. The molecular formula is C25H30ClN5O5S2. The summed E-state index contributed by atoms with van der Waals surface area (Å²) >= 11 is 8.40. The van der Waals surface area contributed by atoms with Gasteiger partial charge in [-0.2, -0.15) is 0 Å². The second-order valence-electron chi connectivity index (χ2n) is 8.40. The van der Waals surface area contributed by atoms with Gasteiger partial charge in [0, 0.05) is 11.6 Å². The van der Waals surface area contributed by atoms with Crippen LogP contribution in [0.2, 0.25) is 5.02 Å². The van der Waals surface area contributed by atoms with E-state index in [1.807, 2.05) is 44.4 Å². The van der Waals surface area contributed by atoms with Crippen molar-refractivity contribution in [2.24, 2.45) is 5.73 Å². The third kappa shape index (κ3) is 6.48. The number of anilines is 1. The number of hydrogen-bond donors (Lipinski definition) is 2. The summed E-state index contributed by atoms with van der Waals surface area (Å²) in [6.45, 7) is 11.6. The molecule has 0 fully saturated rings. The Labute approximate surface area is 234 Å². The van der Waals surface area contributed by atoms with Crippen molar-refractivity contribution >= 4 is 57.5 Å². The minimum atomic E-state index is -0.684. The standard InChI is InChI=1S/C25H30ClN5O5S2/c1-7-31-22(15(6)36-16-9-12(3)19(26)13(4)10-16)29-30-25(31)37-11-17(32)28-23-18(24(34)35-8-2)14(5)20(38-23)21(27)33/h9-10,15H,7-8,11H2,1-6H3,(H2,27,33)(H,28,32). The van der Waals surface area contributed by atoms with Gasteiger partial charge in [-0.3, -0.25) is 9.59 Å². The fourth-order valence-corrected chi connectivity index (χ4v) is 5.80. The smallest absolute Gasteiger partial charge is 0.341 e. The molecule has 0 saturated carbocycles. The van der Waals surface area contributed by atoms with E-state index in [1.165, 1.54) is 11.8 Å². The van der Waals surface area contributed by atoms with Gasteiger partial charge < -0.3 is 25.1 Å². The topological polar surface area (TPSA) is 138 Å². The summed E-state index contributed by atoms with van der Waals surface area (Å²) in [5, 5.41) is 12.7. The average Bonchev–Trinajstić information content (AvgIpc) is 3.41. The molecule has 0 spiro atoms. The van der Waals surface area contributed by atoms with Gasteiger partial charge in [-0.05, 0) is 70.4 Å². The first-order valence-corrected chi connectivity index (χ1v) is 14.1. The molecule has 38 heavy (non-hydrogen) atoms. The first-order chi connectivity index (χ1) is 18.0. The number of nitrogens with two attached hydrogens (primary N) is 1. The molecule has 3 N–H and O–H groups in total. The Morgan fingerprint density at radius 2 is 1.84 bits per heavy atom. The molecule has 204 valence electrons. The van der Waals surface area contributed by atoms with Gasteiger partial charge in [-0.15, -0.1) is 21.5 Å². The number of ether oxygens (including phenoxy) is 2. The lowest BCUT2D eigenvalue weighted by Gasteiger charge is -2.17. The van der Waals surface area contributed by atoms with E-state index in [2.05, 4.69) is 15.5 Å². The first-order valence-electron chi connectivity index (χ1n) is 11.9. The van der Waals surface area contributed by atoms with E-state index in [-0.39, 0.29) is 33.7 Å². The fourth-order valence-electron chi connectivity index (χ4n) is 3.81. The Morgan fingerprint density at radius 3 is 2.42 bits per heavy atom. The van der Waals surface area contributed by atoms with Gasteiger partial charge in [0.05, 0.1) is 22.8 Å². The first kappa shape index (κ1) is 29.5. The number of esters is 1. The van der Waals surface area contributed by atoms with Crippen molar-refractivity contribution in [3.05, 3.63) is 50.1 Å². The lowest BCUT2D eigenvalue weighted by atomic mass is 10.1. The molecule has 2 amide bonds. The van der Waals surface area contributed by atoms with Gasteiger partial charge in [-0.25, -0.2) is 4.79 Å². The zero-order valence-corrected chi connectivity index (χ0v) is 24.4. The SMILES string of the molecule is CCOC(=O)c1c(NC(=O)CSc2nnc(C(C)Oc3cc(C)c(Cl)c(C)c3)n2CC)sc(C(N)=O)c1C. The highest BCUT2D eigenvalue weighted by Gasteiger charge is 2.26. The maximum atomic E-state index is 12.8. The van der Waals surface area contributed by atoms with Crippen LogP contribution in [0.5, 0.6) is 5.75 Å². The zero-order chi connectivity index (χ0) is 28.1. The van der Waals surface area contributed by atoms with E-state index in [4.69, 9.17) is 26.8 Å². The molecule has 2 heterocycles. The van der Waals surface area contributed by atoms with E-state index >= 15 is 0 Å². The normalized spacial score (nSPS) is 11.8. The summed E-state index contributed by atoms with van der Waals surface area (Å²) in [6, 6.07) is 3.75.